The van der Waals surface area contributed by atoms with Crippen LogP contribution < -0.4 is 4.72 Å². The summed E-state index contributed by atoms with van der Waals surface area (Å²) in [5.74, 6) is 0. The fourth-order valence-electron chi connectivity index (χ4n) is 2.04. The first kappa shape index (κ1) is 15.8. The molecular formula is C11H25N3O3S. The average molecular weight is 279 g/mol. The van der Waals surface area contributed by atoms with Crippen molar-refractivity contribution in [1.82, 2.24) is 13.9 Å². The second-order valence-corrected chi connectivity index (χ2v) is 6.56. The van der Waals surface area contributed by atoms with Gasteiger partial charge in [-0.05, 0) is 32.4 Å². The van der Waals surface area contributed by atoms with Gasteiger partial charge in [0.05, 0.1) is 0 Å². The normalized spacial score (nSPS) is 18.4. The summed E-state index contributed by atoms with van der Waals surface area (Å²) in [5.41, 5.74) is 0. The van der Waals surface area contributed by atoms with Gasteiger partial charge in [-0.3, -0.25) is 0 Å². The van der Waals surface area contributed by atoms with Gasteiger partial charge < -0.3 is 10.0 Å². The summed E-state index contributed by atoms with van der Waals surface area (Å²) in [7, 11) is -1.86. The highest BCUT2D eigenvalue weighted by Crippen LogP contribution is 2.07. The number of aliphatic hydroxyl groups is 1. The van der Waals surface area contributed by atoms with Gasteiger partial charge in [0.15, 0.2) is 0 Å². The van der Waals surface area contributed by atoms with E-state index >= 15 is 0 Å². The zero-order valence-corrected chi connectivity index (χ0v) is 12.0. The molecule has 6 nitrogen and oxygen atoms in total. The number of piperidine rings is 1. The van der Waals surface area contributed by atoms with Crippen LogP contribution in [0.15, 0.2) is 0 Å². The largest absolute Gasteiger partial charge is 0.396 e. The summed E-state index contributed by atoms with van der Waals surface area (Å²) in [6, 6.07) is 0. The first-order chi connectivity index (χ1) is 8.56. The Morgan fingerprint density at radius 2 is 1.94 bits per heavy atom. The summed E-state index contributed by atoms with van der Waals surface area (Å²) >= 11 is 0. The molecule has 1 saturated heterocycles. The maximum atomic E-state index is 11.8. The second-order valence-electron chi connectivity index (χ2n) is 4.70. The third kappa shape index (κ3) is 5.62. The van der Waals surface area contributed by atoms with Crippen LogP contribution >= 0.6 is 0 Å². The molecule has 18 heavy (non-hydrogen) atoms. The number of hydrogen-bond acceptors (Lipinski definition) is 4. The van der Waals surface area contributed by atoms with Crippen LogP contribution in [0.3, 0.4) is 0 Å². The number of hydrogen-bond donors (Lipinski definition) is 2. The van der Waals surface area contributed by atoms with Crippen LogP contribution in [-0.4, -0.2) is 69.1 Å². The van der Waals surface area contributed by atoms with E-state index in [0.29, 0.717) is 19.5 Å². The summed E-state index contributed by atoms with van der Waals surface area (Å²) in [6.07, 6.45) is 4.17. The maximum Gasteiger partial charge on any atom is 0.279 e. The Morgan fingerprint density at radius 3 is 2.56 bits per heavy atom. The molecule has 0 radical (unpaired) electrons. The third-order valence-electron chi connectivity index (χ3n) is 3.20. The molecule has 0 atom stereocenters. The molecule has 1 heterocycles. The minimum absolute atomic E-state index is 0.00758. The summed E-state index contributed by atoms with van der Waals surface area (Å²) in [6.45, 7) is 3.71. The van der Waals surface area contributed by atoms with Crippen LogP contribution in [0, 0.1) is 0 Å². The van der Waals surface area contributed by atoms with Crippen molar-refractivity contribution in [3.8, 4) is 0 Å². The van der Waals surface area contributed by atoms with Crippen molar-refractivity contribution < 1.29 is 13.5 Å². The lowest BCUT2D eigenvalue weighted by molar-refractivity contribution is 0.232. The van der Waals surface area contributed by atoms with E-state index < -0.39 is 10.2 Å². The molecule has 0 aliphatic carbocycles. The van der Waals surface area contributed by atoms with Crippen molar-refractivity contribution in [2.45, 2.75) is 25.7 Å². The fourth-order valence-corrected chi connectivity index (χ4v) is 2.98. The summed E-state index contributed by atoms with van der Waals surface area (Å²) in [5, 5.41) is 8.68. The smallest absolute Gasteiger partial charge is 0.279 e. The number of nitrogens with zero attached hydrogens (tertiary/aromatic N) is 2. The van der Waals surface area contributed by atoms with E-state index in [9.17, 15) is 8.42 Å². The Hall–Kier alpha value is -0.210. The highest BCUT2D eigenvalue weighted by atomic mass is 32.2. The maximum absolute atomic E-state index is 11.8. The molecule has 7 heteroatoms. The molecule has 0 amide bonds. The van der Waals surface area contributed by atoms with Crippen LogP contribution in [-0.2, 0) is 10.2 Å². The van der Waals surface area contributed by atoms with E-state index in [0.717, 1.165) is 19.6 Å². The molecule has 0 spiro atoms. The lowest BCUT2D eigenvalue weighted by Gasteiger charge is -2.26. The SMILES string of the molecule is CN(CCCO)S(=O)(=O)NCCN1CCCCC1. The minimum Gasteiger partial charge on any atom is -0.396 e. The van der Waals surface area contributed by atoms with Gasteiger partial charge in [-0.1, -0.05) is 6.42 Å². The van der Waals surface area contributed by atoms with Crippen LogP contribution in [0.25, 0.3) is 0 Å². The van der Waals surface area contributed by atoms with Gasteiger partial charge in [-0.2, -0.15) is 12.7 Å². The van der Waals surface area contributed by atoms with Crippen LogP contribution in [0.2, 0.25) is 0 Å². The van der Waals surface area contributed by atoms with Gasteiger partial charge in [0, 0.05) is 33.3 Å². The fraction of sp³-hybridized carbons (Fsp3) is 1.00. The summed E-state index contributed by atoms with van der Waals surface area (Å²) < 4.78 is 27.4. The van der Waals surface area contributed by atoms with Crippen LogP contribution in [0.5, 0.6) is 0 Å². The van der Waals surface area contributed by atoms with Gasteiger partial charge in [0.1, 0.15) is 0 Å². The lowest BCUT2D eigenvalue weighted by atomic mass is 10.1. The molecule has 0 bridgehead atoms. The van der Waals surface area contributed by atoms with Crippen molar-refractivity contribution in [1.29, 1.82) is 0 Å². The Bertz CT molecular complexity index is 315. The highest BCUT2D eigenvalue weighted by Gasteiger charge is 2.17. The Labute approximate surface area is 110 Å². The Morgan fingerprint density at radius 1 is 1.28 bits per heavy atom. The molecule has 1 rings (SSSR count). The molecule has 108 valence electrons. The molecule has 1 fully saturated rings. The van der Waals surface area contributed by atoms with E-state index in [4.69, 9.17) is 5.11 Å². The van der Waals surface area contributed by atoms with Crippen molar-refractivity contribution in [3.05, 3.63) is 0 Å². The van der Waals surface area contributed by atoms with E-state index in [-0.39, 0.29) is 6.61 Å². The number of aliphatic hydroxyl groups excluding tert-OH is 1. The molecule has 0 aromatic carbocycles. The molecule has 0 aromatic rings. The van der Waals surface area contributed by atoms with Gasteiger partial charge in [0.2, 0.25) is 0 Å². The molecule has 0 saturated carbocycles. The lowest BCUT2D eigenvalue weighted by Crippen LogP contribution is -2.43. The quantitative estimate of drug-likeness (QED) is 0.635. The first-order valence-corrected chi connectivity index (χ1v) is 8.04. The monoisotopic (exact) mass is 279 g/mol. The van der Waals surface area contributed by atoms with Crippen LogP contribution in [0.1, 0.15) is 25.7 Å². The Balaban J connectivity index is 2.23. The Kier molecular flexibility index (Phi) is 7.10. The predicted molar refractivity (Wildman–Crippen MR) is 71.5 cm³/mol. The zero-order valence-electron chi connectivity index (χ0n) is 11.1. The third-order valence-corrected chi connectivity index (χ3v) is 4.77. The zero-order chi connectivity index (χ0) is 13.4. The summed E-state index contributed by atoms with van der Waals surface area (Å²) in [4.78, 5) is 2.29. The minimum atomic E-state index is -3.39. The molecule has 1 aliphatic rings. The standard InChI is InChI=1S/C11H25N3O3S/c1-13(7-5-11-15)18(16,17)12-6-10-14-8-3-2-4-9-14/h12,15H,2-11H2,1H3. The molecule has 2 N–H and O–H groups in total. The van der Waals surface area contributed by atoms with E-state index in [1.807, 2.05) is 0 Å². The second kappa shape index (κ2) is 8.06. The van der Waals surface area contributed by atoms with E-state index in [1.165, 1.54) is 30.6 Å². The molecule has 0 aromatic heterocycles. The van der Waals surface area contributed by atoms with Crippen LogP contribution in [0.4, 0.5) is 0 Å². The topological polar surface area (TPSA) is 72.9 Å². The van der Waals surface area contributed by atoms with E-state index in [2.05, 4.69) is 9.62 Å². The van der Waals surface area contributed by atoms with Crippen molar-refractivity contribution in [2.24, 2.45) is 0 Å². The predicted octanol–water partition coefficient (Wildman–Crippen LogP) is -0.379. The van der Waals surface area contributed by atoms with Gasteiger partial charge in [-0.25, -0.2) is 4.72 Å². The van der Waals surface area contributed by atoms with Crippen molar-refractivity contribution in [3.63, 3.8) is 0 Å². The van der Waals surface area contributed by atoms with Crippen molar-refractivity contribution in [2.75, 3.05) is 46.4 Å². The first-order valence-electron chi connectivity index (χ1n) is 6.60. The molecular weight excluding hydrogens is 254 g/mol. The van der Waals surface area contributed by atoms with Gasteiger partial charge >= 0.3 is 0 Å². The van der Waals surface area contributed by atoms with Crippen molar-refractivity contribution >= 4 is 10.2 Å². The molecule has 0 unspecified atom stereocenters. The van der Waals surface area contributed by atoms with E-state index in [1.54, 1.807) is 0 Å². The van der Waals surface area contributed by atoms with Gasteiger partial charge in [-0.15, -0.1) is 0 Å². The number of likely N-dealkylation sites (tertiary alicyclic amines) is 1. The number of nitrogens with one attached hydrogen (secondary N) is 1. The molecule has 1 aliphatic heterocycles. The highest BCUT2D eigenvalue weighted by molar-refractivity contribution is 7.87. The number of rotatable bonds is 8. The van der Waals surface area contributed by atoms with Gasteiger partial charge in [0.25, 0.3) is 10.2 Å². The average Bonchev–Trinajstić information content (AvgIpc) is 2.37.